The Morgan fingerprint density at radius 1 is 1.12 bits per heavy atom. The van der Waals surface area contributed by atoms with Crippen LogP contribution in [-0.4, -0.2) is 65.8 Å². The van der Waals surface area contributed by atoms with Crippen LogP contribution in [0.4, 0.5) is 10.1 Å². The fourth-order valence-electron chi connectivity index (χ4n) is 4.09. The molecule has 0 bridgehead atoms. The van der Waals surface area contributed by atoms with Crippen molar-refractivity contribution in [1.29, 1.82) is 0 Å². The lowest BCUT2D eigenvalue weighted by Crippen LogP contribution is -2.40. The summed E-state index contributed by atoms with van der Waals surface area (Å²) < 4.78 is 55.3. The first-order chi connectivity index (χ1) is 19.1. The summed E-state index contributed by atoms with van der Waals surface area (Å²) in [6, 6.07) is 12.7. The fraction of sp³-hybridized carbons (Fsp3) is 0.192. The summed E-state index contributed by atoms with van der Waals surface area (Å²) in [5.41, 5.74) is 0.125. The quantitative estimate of drug-likeness (QED) is 0.314. The second-order valence-electron chi connectivity index (χ2n) is 8.69. The zero-order chi connectivity index (χ0) is 28.4. The number of anilines is 1. The molecule has 208 valence electrons. The third-order valence-corrected chi connectivity index (χ3v) is 8.85. The number of ether oxygens (including phenoxy) is 2. The van der Waals surface area contributed by atoms with Gasteiger partial charge >= 0.3 is 5.97 Å². The number of carbonyl (C=O) groups is 2. The highest BCUT2D eigenvalue weighted by atomic mass is 32.2. The van der Waals surface area contributed by atoms with Crippen molar-refractivity contribution in [2.75, 3.05) is 31.6 Å². The van der Waals surface area contributed by atoms with Gasteiger partial charge in [-0.2, -0.15) is 14.1 Å². The van der Waals surface area contributed by atoms with E-state index in [0.29, 0.717) is 4.88 Å². The maximum absolute atomic E-state index is 14.0. The van der Waals surface area contributed by atoms with Crippen LogP contribution in [0.25, 0.3) is 5.69 Å². The Kier molecular flexibility index (Phi) is 7.67. The molecule has 1 saturated heterocycles. The van der Waals surface area contributed by atoms with Gasteiger partial charge in [-0.3, -0.25) is 4.79 Å². The summed E-state index contributed by atoms with van der Waals surface area (Å²) in [6.07, 6.45) is 0. The number of carbonyl (C=O) groups excluding carboxylic acids is 1. The van der Waals surface area contributed by atoms with Gasteiger partial charge in [-0.25, -0.2) is 17.6 Å². The van der Waals surface area contributed by atoms with E-state index in [9.17, 15) is 27.5 Å². The number of nitrogens with one attached hydrogen (secondary N) is 1. The van der Waals surface area contributed by atoms with Crippen molar-refractivity contribution in [2.45, 2.75) is 11.8 Å². The van der Waals surface area contributed by atoms with Crippen molar-refractivity contribution in [1.82, 2.24) is 14.1 Å². The van der Waals surface area contributed by atoms with Crippen LogP contribution in [0.2, 0.25) is 0 Å². The number of halogens is 1. The van der Waals surface area contributed by atoms with E-state index in [1.807, 2.05) is 0 Å². The van der Waals surface area contributed by atoms with E-state index in [2.05, 4.69) is 10.4 Å². The lowest BCUT2D eigenvalue weighted by molar-refractivity contribution is 0.0689. The summed E-state index contributed by atoms with van der Waals surface area (Å²) >= 11 is 1.23. The minimum Gasteiger partial charge on any atom is -0.476 e. The molecule has 40 heavy (non-hydrogen) atoms. The summed E-state index contributed by atoms with van der Waals surface area (Å²) in [4.78, 5) is 24.7. The monoisotopic (exact) mass is 586 g/mol. The van der Waals surface area contributed by atoms with Crippen molar-refractivity contribution in [3.05, 3.63) is 81.9 Å². The van der Waals surface area contributed by atoms with Crippen molar-refractivity contribution in [3.8, 4) is 17.3 Å². The first kappa shape index (κ1) is 27.5. The molecule has 1 fully saturated rings. The predicted molar refractivity (Wildman–Crippen MR) is 144 cm³/mol. The molecule has 0 atom stereocenters. The number of benzene rings is 2. The summed E-state index contributed by atoms with van der Waals surface area (Å²) in [5, 5.41) is 18.2. The van der Waals surface area contributed by atoms with Crippen LogP contribution >= 0.6 is 11.3 Å². The van der Waals surface area contributed by atoms with Crippen LogP contribution in [-0.2, 0) is 14.8 Å². The van der Waals surface area contributed by atoms with Crippen LogP contribution in [0.1, 0.15) is 25.7 Å². The Hall–Kier alpha value is -4.11. The molecule has 1 aliphatic rings. The minimum absolute atomic E-state index is 0.0987. The molecule has 0 radical (unpaired) electrons. The van der Waals surface area contributed by atoms with Crippen LogP contribution in [0, 0.1) is 12.7 Å². The summed E-state index contributed by atoms with van der Waals surface area (Å²) in [7, 11) is -4.16. The Balaban J connectivity index is 1.61. The molecule has 2 N–H and O–H groups in total. The standard InChI is InChI=1S/C26H23FN4O7S2/c1-16-23(26(33)34)29-31(19-5-2-4-17(27)14-19)25(16)38-20-8-7-18(28-24(32)21-6-3-13-39-21)15-22(20)40(35,36)30-9-11-37-12-10-30/h2-8,13-15H,9-12H2,1H3,(H,28,32)(H,33,34). The van der Waals surface area contributed by atoms with E-state index in [4.69, 9.17) is 9.47 Å². The van der Waals surface area contributed by atoms with E-state index in [0.717, 1.165) is 10.7 Å². The van der Waals surface area contributed by atoms with Crippen LogP contribution in [0.15, 0.2) is 64.9 Å². The Labute approximate surface area is 232 Å². The number of aromatic carboxylic acids is 1. The number of amides is 1. The largest absolute Gasteiger partial charge is 0.476 e. The lowest BCUT2D eigenvalue weighted by atomic mass is 10.2. The molecule has 1 aliphatic heterocycles. The Morgan fingerprint density at radius 3 is 2.58 bits per heavy atom. The number of nitrogens with zero attached hydrogens (tertiary/aromatic N) is 3. The second kappa shape index (κ2) is 11.2. The van der Waals surface area contributed by atoms with Gasteiger partial charge in [-0.15, -0.1) is 11.3 Å². The molecule has 5 rings (SSSR count). The maximum Gasteiger partial charge on any atom is 0.356 e. The molecule has 0 saturated carbocycles. The van der Waals surface area contributed by atoms with Crippen molar-refractivity contribution >= 4 is 38.9 Å². The first-order valence-corrected chi connectivity index (χ1v) is 14.3. The molecular formula is C26H23FN4O7S2. The number of sulfonamides is 1. The zero-order valence-electron chi connectivity index (χ0n) is 21.0. The summed E-state index contributed by atoms with van der Waals surface area (Å²) in [6.45, 7) is 2.08. The average Bonchev–Trinajstić information content (AvgIpc) is 3.59. The number of morpholine rings is 1. The minimum atomic E-state index is -4.16. The van der Waals surface area contributed by atoms with Crippen LogP contribution in [0.3, 0.4) is 0 Å². The van der Waals surface area contributed by atoms with Gasteiger partial charge in [0.2, 0.25) is 15.9 Å². The topological polar surface area (TPSA) is 140 Å². The van der Waals surface area contributed by atoms with E-state index in [1.54, 1.807) is 17.5 Å². The number of rotatable bonds is 8. The van der Waals surface area contributed by atoms with Gasteiger partial charge in [0.15, 0.2) is 5.69 Å². The Bertz CT molecular complexity index is 1680. The van der Waals surface area contributed by atoms with Gasteiger partial charge in [0.25, 0.3) is 5.91 Å². The summed E-state index contributed by atoms with van der Waals surface area (Å²) in [5.74, 6) is -2.60. The Morgan fingerprint density at radius 2 is 1.90 bits per heavy atom. The maximum atomic E-state index is 14.0. The van der Waals surface area contributed by atoms with Gasteiger partial charge in [0, 0.05) is 24.3 Å². The third-order valence-electron chi connectivity index (χ3n) is 6.06. The average molecular weight is 587 g/mol. The van der Waals surface area contributed by atoms with Gasteiger partial charge < -0.3 is 19.9 Å². The van der Waals surface area contributed by atoms with Gasteiger partial charge in [-0.1, -0.05) is 12.1 Å². The normalized spacial score (nSPS) is 14.2. The van der Waals surface area contributed by atoms with E-state index in [-0.39, 0.29) is 65.5 Å². The van der Waals surface area contributed by atoms with Crippen LogP contribution < -0.4 is 10.1 Å². The molecule has 1 amide bonds. The number of thiophene rings is 1. The first-order valence-electron chi connectivity index (χ1n) is 12.0. The van der Waals surface area contributed by atoms with Gasteiger partial charge in [0.1, 0.15) is 16.5 Å². The van der Waals surface area contributed by atoms with E-state index < -0.39 is 27.7 Å². The zero-order valence-corrected chi connectivity index (χ0v) is 22.7. The van der Waals surface area contributed by atoms with E-state index >= 15 is 0 Å². The van der Waals surface area contributed by atoms with Crippen molar-refractivity contribution in [2.24, 2.45) is 0 Å². The fourth-order valence-corrected chi connectivity index (χ4v) is 6.26. The van der Waals surface area contributed by atoms with Crippen molar-refractivity contribution < 1.29 is 37.0 Å². The SMILES string of the molecule is Cc1c(C(=O)O)nn(-c2cccc(F)c2)c1Oc1ccc(NC(=O)c2cccs2)cc1S(=O)(=O)N1CCOCC1. The number of carboxylic acids is 1. The molecule has 0 aliphatic carbocycles. The van der Waals surface area contributed by atoms with E-state index in [1.165, 1.54) is 59.0 Å². The molecule has 14 heteroatoms. The molecule has 4 aromatic rings. The lowest BCUT2D eigenvalue weighted by Gasteiger charge is -2.27. The van der Waals surface area contributed by atoms with Gasteiger partial charge in [-0.05, 0) is 54.8 Å². The highest BCUT2D eigenvalue weighted by Gasteiger charge is 2.31. The molecule has 0 unspecified atom stereocenters. The highest BCUT2D eigenvalue weighted by molar-refractivity contribution is 7.89. The second-order valence-corrected chi connectivity index (χ2v) is 11.5. The highest BCUT2D eigenvalue weighted by Crippen LogP contribution is 2.37. The number of hydrogen-bond acceptors (Lipinski definition) is 8. The number of carboxylic acid groups (broad SMARTS) is 1. The predicted octanol–water partition coefficient (Wildman–Crippen LogP) is 4.15. The smallest absolute Gasteiger partial charge is 0.356 e. The number of aromatic nitrogens is 2. The molecule has 11 nitrogen and oxygen atoms in total. The molecule has 2 aromatic heterocycles. The molecule has 3 heterocycles. The van der Waals surface area contributed by atoms with Crippen LogP contribution in [0.5, 0.6) is 11.6 Å². The van der Waals surface area contributed by atoms with Crippen molar-refractivity contribution in [3.63, 3.8) is 0 Å². The molecule has 2 aromatic carbocycles. The molecule has 0 spiro atoms. The van der Waals surface area contributed by atoms with Gasteiger partial charge in [0.05, 0.1) is 23.8 Å². The molecular weight excluding hydrogens is 563 g/mol. The third kappa shape index (κ3) is 5.47. The number of hydrogen-bond donors (Lipinski definition) is 2.